The molecule has 0 N–H and O–H groups in total. The van der Waals surface area contributed by atoms with E-state index >= 15 is 0 Å². The van der Waals surface area contributed by atoms with Crippen molar-refractivity contribution in [2.45, 2.75) is 46.6 Å². The second-order valence-electron chi connectivity index (χ2n) is 6.83. The number of carbonyl (C=O) groups is 1. The molecule has 2 rings (SSSR count). The van der Waals surface area contributed by atoms with Gasteiger partial charge in [0, 0.05) is 23.1 Å². The molecule has 1 aromatic rings. The lowest BCUT2D eigenvalue weighted by Gasteiger charge is -2.29. The molecule has 0 saturated carbocycles. The van der Waals surface area contributed by atoms with Crippen LogP contribution in [0.1, 0.15) is 45.6 Å². The Labute approximate surface area is 136 Å². The van der Waals surface area contributed by atoms with Crippen LogP contribution < -0.4 is 0 Å². The number of rotatable bonds is 2. The molecule has 1 aromatic carbocycles. The molecular formula is C17H24INO. The third kappa shape index (κ3) is 4.21. The first-order chi connectivity index (χ1) is 9.36. The van der Waals surface area contributed by atoms with E-state index in [0.717, 1.165) is 25.9 Å². The van der Waals surface area contributed by atoms with Crippen LogP contribution in [-0.2, 0) is 11.3 Å². The number of hydrogen-bond donors (Lipinski definition) is 0. The van der Waals surface area contributed by atoms with Crippen LogP contribution in [0.5, 0.6) is 0 Å². The molecule has 0 spiro atoms. The van der Waals surface area contributed by atoms with E-state index < -0.39 is 0 Å². The third-order valence-electron chi connectivity index (χ3n) is 4.32. The van der Waals surface area contributed by atoms with Crippen LogP contribution >= 0.6 is 22.6 Å². The van der Waals surface area contributed by atoms with E-state index in [4.69, 9.17) is 0 Å². The number of carbonyl (C=O) groups excluding carboxylic acids is 1. The van der Waals surface area contributed by atoms with E-state index in [0.29, 0.717) is 23.7 Å². The fourth-order valence-electron chi connectivity index (χ4n) is 2.88. The van der Waals surface area contributed by atoms with Crippen LogP contribution in [0.2, 0.25) is 0 Å². The molecule has 0 bridgehead atoms. The molecule has 1 unspecified atom stereocenters. The van der Waals surface area contributed by atoms with Crippen molar-refractivity contribution in [3.8, 4) is 0 Å². The second-order valence-corrected chi connectivity index (χ2v) is 8.08. The van der Waals surface area contributed by atoms with Gasteiger partial charge in [0.05, 0.1) is 0 Å². The van der Waals surface area contributed by atoms with Crippen molar-refractivity contribution in [1.29, 1.82) is 0 Å². The maximum absolute atomic E-state index is 12.3. The number of halogens is 1. The highest BCUT2D eigenvalue weighted by Gasteiger charge is 2.29. The zero-order valence-corrected chi connectivity index (χ0v) is 14.8. The minimum Gasteiger partial charge on any atom is -0.338 e. The van der Waals surface area contributed by atoms with Gasteiger partial charge in [0.15, 0.2) is 0 Å². The first-order valence-corrected chi connectivity index (χ1v) is 8.46. The minimum absolute atomic E-state index is 0.305. The van der Waals surface area contributed by atoms with E-state index in [1.54, 1.807) is 0 Å². The number of amides is 1. The minimum atomic E-state index is 0.305. The van der Waals surface area contributed by atoms with Crippen molar-refractivity contribution >= 4 is 28.5 Å². The summed E-state index contributed by atoms with van der Waals surface area (Å²) >= 11 is 2.31. The van der Waals surface area contributed by atoms with Crippen molar-refractivity contribution < 1.29 is 4.79 Å². The van der Waals surface area contributed by atoms with Gasteiger partial charge in [0.25, 0.3) is 0 Å². The molecule has 0 aliphatic carbocycles. The SMILES string of the molecule is CC(C)(C)C1CCC(=O)N(Cc2ccc(I)cc2)CC1. The van der Waals surface area contributed by atoms with Crippen LogP contribution in [0.15, 0.2) is 24.3 Å². The van der Waals surface area contributed by atoms with Gasteiger partial charge < -0.3 is 4.90 Å². The second kappa shape index (κ2) is 6.46. The van der Waals surface area contributed by atoms with Crippen LogP contribution in [0.25, 0.3) is 0 Å². The topological polar surface area (TPSA) is 20.3 Å². The summed E-state index contributed by atoms with van der Waals surface area (Å²) in [4.78, 5) is 14.3. The highest BCUT2D eigenvalue weighted by molar-refractivity contribution is 14.1. The van der Waals surface area contributed by atoms with Crippen molar-refractivity contribution in [2.75, 3.05) is 6.54 Å². The fourth-order valence-corrected chi connectivity index (χ4v) is 3.24. The van der Waals surface area contributed by atoms with Gasteiger partial charge in [0.1, 0.15) is 0 Å². The predicted molar refractivity (Wildman–Crippen MR) is 91.4 cm³/mol. The number of nitrogens with zero attached hydrogens (tertiary/aromatic N) is 1. The lowest BCUT2D eigenvalue weighted by Crippen LogP contribution is -2.30. The van der Waals surface area contributed by atoms with Gasteiger partial charge in [-0.3, -0.25) is 4.79 Å². The van der Waals surface area contributed by atoms with Crippen LogP contribution in [-0.4, -0.2) is 17.4 Å². The molecule has 1 aliphatic heterocycles. The molecular weight excluding hydrogens is 361 g/mol. The normalized spacial score (nSPS) is 20.9. The maximum atomic E-state index is 12.3. The van der Waals surface area contributed by atoms with Crippen LogP contribution in [0.3, 0.4) is 0 Å². The lowest BCUT2D eigenvalue weighted by molar-refractivity contribution is -0.131. The number of hydrogen-bond acceptors (Lipinski definition) is 1. The molecule has 1 saturated heterocycles. The van der Waals surface area contributed by atoms with Gasteiger partial charge in [-0.2, -0.15) is 0 Å². The average molecular weight is 385 g/mol. The fraction of sp³-hybridized carbons (Fsp3) is 0.588. The summed E-state index contributed by atoms with van der Waals surface area (Å²) < 4.78 is 1.24. The Morgan fingerprint density at radius 2 is 1.85 bits per heavy atom. The molecule has 3 heteroatoms. The van der Waals surface area contributed by atoms with E-state index in [1.807, 2.05) is 4.90 Å². The summed E-state index contributed by atoms with van der Waals surface area (Å²) in [6.45, 7) is 8.52. The Morgan fingerprint density at radius 1 is 1.20 bits per heavy atom. The molecule has 1 aliphatic rings. The van der Waals surface area contributed by atoms with Crippen LogP contribution in [0, 0.1) is 14.9 Å². The highest BCUT2D eigenvalue weighted by Crippen LogP contribution is 2.34. The molecule has 1 amide bonds. The largest absolute Gasteiger partial charge is 0.338 e. The van der Waals surface area contributed by atoms with E-state index in [9.17, 15) is 4.79 Å². The number of likely N-dealkylation sites (tertiary alicyclic amines) is 1. The van der Waals surface area contributed by atoms with E-state index in [2.05, 4.69) is 67.6 Å². The smallest absolute Gasteiger partial charge is 0.222 e. The zero-order chi connectivity index (χ0) is 14.8. The number of benzene rings is 1. The Balaban J connectivity index is 2.02. The Bertz CT molecular complexity index is 461. The first-order valence-electron chi connectivity index (χ1n) is 7.38. The Kier molecular flexibility index (Phi) is 5.10. The molecule has 0 aromatic heterocycles. The molecule has 2 nitrogen and oxygen atoms in total. The van der Waals surface area contributed by atoms with E-state index in [-0.39, 0.29) is 0 Å². The van der Waals surface area contributed by atoms with Crippen LogP contribution in [0.4, 0.5) is 0 Å². The summed E-state index contributed by atoms with van der Waals surface area (Å²) in [6.07, 6.45) is 2.86. The highest BCUT2D eigenvalue weighted by atomic mass is 127. The molecule has 20 heavy (non-hydrogen) atoms. The maximum Gasteiger partial charge on any atom is 0.222 e. The van der Waals surface area contributed by atoms with Gasteiger partial charge >= 0.3 is 0 Å². The average Bonchev–Trinajstić information content (AvgIpc) is 2.55. The zero-order valence-electron chi connectivity index (χ0n) is 12.7. The van der Waals surface area contributed by atoms with E-state index in [1.165, 1.54) is 9.13 Å². The van der Waals surface area contributed by atoms with Crippen molar-refractivity contribution in [2.24, 2.45) is 11.3 Å². The Hall–Kier alpha value is -0.580. The van der Waals surface area contributed by atoms with Crippen molar-refractivity contribution in [3.63, 3.8) is 0 Å². The first kappa shape index (κ1) is 15.8. The monoisotopic (exact) mass is 385 g/mol. The molecule has 110 valence electrons. The van der Waals surface area contributed by atoms with Gasteiger partial charge in [0.2, 0.25) is 5.91 Å². The summed E-state index contributed by atoms with van der Waals surface area (Å²) in [5.41, 5.74) is 1.53. The molecule has 0 radical (unpaired) electrons. The standard InChI is InChI=1S/C17H24INO/c1-17(2,3)14-6-9-16(20)19(11-10-14)12-13-4-7-15(18)8-5-13/h4-5,7-8,14H,6,9-12H2,1-3H3. The summed E-state index contributed by atoms with van der Waals surface area (Å²) in [6, 6.07) is 8.47. The van der Waals surface area contributed by atoms with Crippen molar-refractivity contribution in [3.05, 3.63) is 33.4 Å². The summed E-state index contributed by atoms with van der Waals surface area (Å²) in [5.74, 6) is 0.962. The van der Waals surface area contributed by atoms with Gasteiger partial charge in [-0.05, 0) is 64.5 Å². The van der Waals surface area contributed by atoms with Crippen molar-refractivity contribution in [1.82, 2.24) is 4.90 Å². The summed E-state index contributed by atoms with van der Waals surface area (Å²) in [7, 11) is 0. The summed E-state index contributed by atoms with van der Waals surface area (Å²) in [5, 5.41) is 0. The van der Waals surface area contributed by atoms with Gasteiger partial charge in [-0.25, -0.2) is 0 Å². The third-order valence-corrected chi connectivity index (χ3v) is 5.04. The predicted octanol–water partition coefficient (Wildman–Crippen LogP) is 4.47. The molecule has 1 heterocycles. The van der Waals surface area contributed by atoms with Gasteiger partial charge in [-0.1, -0.05) is 32.9 Å². The molecule has 1 atom stereocenters. The molecule has 1 fully saturated rings. The van der Waals surface area contributed by atoms with Gasteiger partial charge in [-0.15, -0.1) is 0 Å². The quantitative estimate of drug-likeness (QED) is 0.689. The Morgan fingerprint density at radius 3 is 2.45 bits per heavy atom. The lowest BCUT2D eigenvalue weighted by atomic mass is 9.77.